The van der Waals surface area contributed by atoms with E-state index in [0.29, 0.717) is 18.7 Å². The maximum atomic E-state index is 14.0. The van der Waals surface area contributed by atoms with Gasteiger partial charge in [0.1, 0.15) is 11.8 Å². The van der Waals surface area contributed by atoms with Gasteiger partial charge < -0.3 is 30.9 Å². The number of hydrogen-bond acceptors (Lipinski definition) is 7. The molecule has 0 heterocycles. The third-order valence-electron chi connectivity index (χ3n) is 7.32. The number of rotatable bonds is 13. The summed E-state index contributed by atoms with van der Waals surface area (Å²) in [7, 11) is 0. The average Bonchev–Trinajstić information content (AvgIpc) is 3.10. The number of carboxylic acids is 1. The molecule has 10 nitrogen and oxygen atoms in total. The number of amides is 2. The second kappa shape index (κ2) is 19.3. The first-order chi connectivity index (χ1) is 24.2. The van der Waals surface area contributed by atoms with Crippen LogP contribution in [0.2, 0.25) is 0 Å². The number of nitrogens with two attached hydrogens (primary N) is 1. The molecule has 4 aromatic rings. The van der Waals surface area contributed by atoms with Crippen LogP contribution in [0.4, 0.5) is 13.2 Å². The number of carboxylic acid groups (broad SMARTS) is 1. The van der Waals surface area contributed by atoms with Crippen molar-refractivity contribution in [3.8, 4) is 16.9 Å². The van der Waals surface area contributed by atoms with Crippen LogP contribution in [0, 0.1) is 0 Å². The smallest absolute Gasteiger partial charge is 0.490 e. The Hall–Kier alpha value is -5.21. The van der Waals surface area contributed by atoms with E-state index in [2.05, 4.69) is 21.2 Å². The van der Waals surface area contributed by atoms with Crippen molar-refractivity contribution >= 4 is 39.7 Å². The van der Waals surface area contributed by atoms with Gasteiger partial charge in [-0.2, -0.15) is 13.2 Å². The number of benzene rings is 4. The Morgan fingerprint density at radius 2 is 1.53 bits per heavy atom. The minimum atomic E-state index is -5.08. The summed E-state index contributed by atoms with van der Waals surface area (Å²) in [6, 6.07) is 28.0. The number of nitrogens with zero attached hydrogens (tertiary/aromatic N) is 1. The van der Waals surface area contributed by atoms with Crippen molar-refractivity contribution in [1.82, 2.24) is 10.2 Å². The SMILES string of the molecule is CCOC(=O)[C@H](Cc1ccc(O)cc1)N(Cc1cccc(-c2ccccc2C(=O)NCCN)c1)C(=O)Cc1ccc(Br)cc1.O=C(O)C(F)(F)F. The zero-order valence-corrected chi connectivity index (χ0v) is 29.1. The molecule has 4 rings (SSSR count). The highest BCUT2D eigenvalue weighted by Crippen LogP contribution is 2.27. The van der Waals surface area contributed by atoms with Gasteiger partial charge in [-0.05, 0) is 71.1 Å². The first kappa shape index (κ1) is 40.2. The number of alkyl halides is 3. The summed E-state index contributed by atoms with van der Waals surface area (Å²) in [4.78, 5) is 50.7. The summed E-state index contributed by atoms with van der Waals surface area (Å²) in [5.74, 6) is -3.62. The summed E-state index contributed by atoms with van der Waals surface area (Å²) in [5, 5.41) is 19.7. The molecule has 0 fully saturated rings. The van der Waals surface area contributed by atoms with E-state index in [-0.39, 0.29) is 43.6 Å². The second-order valence-corrected chi connectivity index (χ2v) is 12.0. The van der Waals surface area contributed by atoms with Crippen molar-refractivity contribution < 1.29 is 47.3 Å². The van der Waals surface area contributed by atoms with Gasteiger partial charge in [0.05, 0.1) is 13.0 Å². The summed E-state index contributed by atoms with van der Waals surface area (Å²) < 4.78 is 38.1. The monoisotopic (exact) mass is 771 g/mol. The van der Waals surface area contributed by atoms with Crippen molar-refractivity contribution in [2.24, 2.45) is 5.73 Å². The Morgan fingerprint density at radius 1 is 0.902 bits per heavy atom. The minimum absolute atomic E-state index is 0.0859. The lowest BCUT2D eigenvalue weighted by Crippen LogP contribution is -2.47. The molecule has 51 heavy (non-hydrogen) atoms. The molecule has 0 aliphatic heterocycles. The van der Waals surface area contributed by atoms with Crippen LogP contribution in [-0.2, 0) is 38.5 Å². The number of nitrogens with one attached hydrogen (secondary N) is 1. The van der Waals surface area contributed by atoms with Crippen LogP contribution < -0.4 is 11.1 Å². The number of carbonyl (C=O) groups excluding carboxylic acids is 3. The Bertz CT molecular complexity index is 1790. The van der Waals surface area contributed by atoms with Crippen LogP contribution in [0.3, 0.4) is 0 Å². The predicted molar refractivity (Wildman–Crippen MR) is 188 cm³/mol. The van der Waals surface area contributed by atoms with Crippen molar-refractivity contribution in [1.29, 1.82) is 0 Å². The number of phenols is 1. The Kier molecular flexibility index (Phi) is 15.2. The highest BCUT2D eigenvalue weighted by Gasteiger charge is 2.38. The zero-order chi connectivity index (χ0) is 37.6. The van der Waals surface area contributed by atoms with Crippen molar-refractivity contribution in [2.75, 3.05) is 19.7 Å². The summed E-state index contributed by atoms with van der Waals surface area (Å²) in [6.07, 6.45) is -4.79. The highest BCUT2D eigenvalue weighted by atomic mass is 79.9. The largest absolute Gasteiger partial charge is 0.508 e. The summed E-state index contributed by atoms with van der Waals surface area (Å²) in [5.41, 5.74) is 9.99. The quantitative estimate of drug-likeness (QED) is 0.123. The molecular formula is C37H37BrF3N3O7. The van der Waals surface area contributed by atoms with Crippen LogP contribution in [0.5, 0.6) is 5.75 Å². The molecule has 4 aromatic carbocycles. The number of carbonyl (C=O) groups is 4. The summed E-state index contributed by atoms with van der Waals surface area (Å²) >= 11 is 3.43. The van der Waals surface area contributed by atoms with E-state index < -0.39 is 24.2 Å². The molecule has 0 saturated heterocycles. The minimum Gasteiger partial charge on any atom is -0.508 e. The van der Waals surface area contributed by atoms with Crippen LogP contribution in [0.15, 0.2) is 102 Å². The molecule has 0 aliphatic rings. The van der Waals surface area contributed by atoms with Gasteiger partial charge in [0.2, 0.25) is 5.91 Å². The van der Waals surface area contributed by atoms with Crippen molar-refractivity contribution in [3.63, 3.8) is 0 Å². The molecule has 2 amide bonds. The van der Waals surface area contributed by atoms with Crippen LogP contribution >= 0.6 is 15.9 Å². The van der Waals surface area contributed by atoms with Gasteiger partial charge in [0.25, 0.3) is 5.91 Å². The maximum Gasteiger partial charge on any atom is 0.490 e. The van der Waals surface area contributed by atoms with E-state index in [0.717, 1.165) is 32.3 Å². The Labute approximate surface area is 301 Å². The fraction of sp³-hybridized carbons (Fsp3) is 0.243. The number of hydrogen-bond donors (Lipinski definition) is 4. The fourth-order valence-electron chi connectivity index (χ4n) is 4.91. The van der Waals surface area contributed by atoms with Crippen molar-refractivity contribution in [3.05, 3.63) is 124 Å². The Morgan fingerprint density at radius 3 is 2.14 bits per heavy atom. The van der Waals surface area contributed by atoms with Crippen LogP contribution in [0.25, 0.3) is 11.1 Å². The lowest BCUT2D eigenvalue weighted by atomic mass is 9.97. The molecule has 1 atom stereocenters. The molecule has 0 unspecified atom stereocenters. The number of aliphatic carboxylic acids is 1. The van der Waals surface area contributed by atoms with Gasteiger partial charge in [-0.25, -0.2) is 9.59 Å². The third kappa shape index (κ3) is 12.6. The molecule has 5 N–H and O–H groups in total. The van der Waals surface area contributed by atoms with E-state index >= 15 is 0 Å². The van der Waals surface area contributed by atoms with E-state index in [1.165, 1.54) is 0 Å². The molecule has 0 aromatic heterocycles. The number of aromatic hydroxyl groups is 1. The van der Waals surface area contributed by atoms with Gasteiger partial charge in [-0.1, -0.05) is 76.6 Å². The number of halogens is 4. The molecule has 0 bridgehead atoms. The molecule has 0 aliphatic carbocycles. The first-order valence-corrected chi connectivity index (χ1v) is 16.5. The highest BCUT2D eigenvalue weighted by molar-refractivity contribution is 9.10. The van der Waals surface area contributed by atoms with Gasteiger partial charge >= 0.3 is 18.1 Å². The van der Waals surface area contributed by atoms with E-state index in [1.807, 2.05) is 60.7 Å². The molecular weight excluding hydrogens is 735 g/mol. The normalized spacial score (nSPS) is 11.4. The number of esters is 1. The maximum absolute atomic E-state index is 14.0. The van der Waals surface area contributed by atoms with Crippen molar-refractivity contribution in [2.45, 2.75) is 38.5 Å². The van der Waals surface area contributed by atoms with Crippen LogP contribution in [0.1, 0.15) is 34.0 Å². The molecule has 0 saturated carbocycles. The molecule has 0 radical (unpaired) electrons. The lowest BCUT2D eigenvalue weighted by molar-refractivity contribution is -0.192. The fourth-order valence-corrected chi connectivity index (χ4v) is 5.18. The number of phenolic OH excluding ortho intramolecular Hbond substituents is 1. The Balaban J connectivity index is 0.000000908. The lowest BCUT2D eigenvalue weighted by Gasteiger charge is -2.31. The standard InChI is InChI=1S/C35H36BrN3O5.C2HF3O2/c1-2-44-35(43)32(21-24-12-16-29(40)17-13-24)39(33(41)22-25-10-14-28(36)15-11-25)23-26-6-5-7-27(20-26)30-8-3-4-9-31(30)34(42)38-19-18-37;3-2(4,5)1(6)7/h3-17,20,32,40H,2,18-19,21-23,37H2,1H3,(H,38,42);(H,6,7)/t32-;/m0./s1. The summed E-state index contributed by atoms with van der Waals surface area (Å²) in [6.45, 7) is 2.72. The van der Waals surface area contributed by atoms with E-state index in [1.54, 1.807) is 48.2 Å². The van der Waals surface area contributed by atoms with Crippen LogP contribution in [-0.4, -0.2) is 70.8 Å². The first-order valence-electron chi connectivity index (χ1n) is 15.7. The zero-order valence-electron chi connectivity index (χ0n) is 27.5. The second-order valence-electron chi connectivity index (χ2n) is 11.1. The predicted octanol–water partition coefficient (Wildman–Crippen LogP) is 5.89. The van der Waals surface area contributed by atoms with Gasteiger partial charge in [-0.3, -0.25) is 9.59 Å². The van der Waals surface area contributed by atoms with Gasteiger partial charge in [0, 0.05) is 36.1 Å². The van der Waals surface area contributed by atoms with Gasteiger partial charge in [0.15, 0.2) is 0 Å². The average molecular weight is 773 g/mol. The number of ether oxygens (including phenoxy) is 1. The van der Waals surface area contributed by atoms with Gasteiger partial charge in [-0.15, -0.1) is 0 Å². The molecule has 270 valence electrons. The topological polar surface area (TPSA) is 159 Å². The molecule has 0 spiro atoms. The third-order valence-corrected chi connectivity index (χ3v) is 7.85. The van der Waals surface area contributed by atoms with E-state index in [4.69, 9.17) is 20.4 Å². The van der Waals surface area contributed by atoms with E-state index in [9.17, 15) is 32.7 Å². The molecule has 14 heteroatoms.